The van der Waals surface area contributed by atoms with Gasteiger partial charge in [-0.2, -0.15) is 0 Å². The first-order valence-corrected chi connectivity index (χ1v) is 7.11. The number of anilines is 2. The van der Waals surface area contributed by atoms with Crippen molar-refractivity contribution in [3.8, 4) is 0 Å². The van der Waals surface area contributed by atoms with Crippen LogP contribution in [0, 0.1) is 0 Å². The molecule has 1 aromatic rings. The predicted octanol–water partition coefficient (Wildman–Crippen LogP) is 2.24. The van der Waals surface area contributed by atoms with Gasteiger partial charge in [0.15, 0.2) is 0 Å². The summed E-state index contributed by atoms with van der Waals surface area (Å²) in [6.45, 7) is 11.1. The summed E-state index contributed by atoms with van der Waals surface area (Å²) in [5, 5.41) is 12.2. The highest BCUT2D eigenvalue weighted by Gasteiger charge is 2.12. The van der Waals surface area contributed by atoms with Gasteiger partial charge in [-0.15, -0.1) is 0 Å². The molecule has 0 spiro atoms. The van der Waals surface area contributed by atoms with Crippen LogP contribution in [0.4, 0.5) is 11.6 Å². The third-order valence-electron chi connectivity index (χ3n) is 2.90. The highest BCUT2D eigenvalue weighted by atomic mass is 16.3. The van der Waals surface area contributed by atoms with Gasteiger partial charge in [-0.25, -0.2) is 9.97 Å². The summed E-state index contributed by atoms with van der Waals surface area (Å²) in [6.07, 6.45) is 0.755. The van der Waals surface area contributed by atoms with Crippen LogP contribution >= 0.6 is 0 Å². The lowest BCUT2D eigenvalue weighted by Gasteiger charge is -2.23. The molecule has 108 valence electrons. The van der Waals surface area contributed by atoms with Gasteiger partial charge in [0.1, 0.15) is 17.5 Å². The Hall–Kier alpha value is -1.36. The number of nitrogens with one attached hydrogen (secondary N) is 1. The first-order valence-electron chi connectivity index (χ1n) is 7.11. The van der Waals surface area contributed by atoms with Crippen LogP contribution in [0.25, 0.3) is 0 Å². The van der Waals surface area contributed by atoms with Crippen LogP contribution in [-0.2, 0) is 0 Å². The fraction of sp³-hybridized carbons (Fsp3) is 0.714. The van der Waals surface area contributed by atoms with E-state index in [0.29, 0.717) is 5.92 Å². The third kappa shape index (κ3) is 4.67. The Labute approximate surface area is 116 Å². The molecule has 0 aliphatic heterocycles. The van der Waals surface area contributed by atoms with Crippen LogP contribution < -0.4 is 10.2 Å². The van der Waals surface area contributed by atoms with Crippen molar-refractivity contribution in [1.82, 2.24) is 9.97 Å². The first-order chi connectivity index (χ1) is 9.12. The van der Waals surface area contributed by atoms with Gasteiger partial charge in [-0.05, 0) is 20.3 Å². The molecule has 0 aliphatic rings. The molecule has 0 unspecified atom stereocenters. The molecule has 0 saturated heterocycles. The maximum atomic E-state index is 8.97. The minimum absolute atomic E-state index is 0.207. The molecule has 5 heteroatoms. The number of aliphatic hydroxyl groups excluding tert-OH is 1. The van der Waals surface area contributed by atoms with E-state index in [9.17, 15) is 0 Å². The van der Waals surface area contributed by atoms with E-state index >= 15 is 0 Å². The second-order valence-corrected chi connectivity index (χ2v) is 4.81. The number of rotatable bonds is 8. The first kappa shape index (κ1) is 15.7. The highest BCUT2D eigenvalue weighted by molar-refractivity contribution is 5.49. The molecule has 0 fully saturated rings. The topological polar surface area (TPSA) is 61.3 Å². The van der Waals surface area contributed by atoms with Gasteiger partial charge in [-0.1, -0.05) is 13.8 Å². The molecule has 2 N–H and O–H groups in total. The van der Waals surface area contributed by atoms with E-state index in [1.807, 2.05) is 6.07 Å². The van der Waals surface area contributed by atoms with Crippen molar-refractivity contribution in [2.45, 2.75) is 40.0 Å². The van der Waals surface area contributed by atoms with Gasteiger partial charge in [0, 0.05) is 38.2 Å². The van der Waals surface area contributed by atoms with Crippen molar-refractivity contribution in [2.75, 3.05) is 36.5 Å². The van der Waals surface area contributed by atoms with Crippen molar-refractivity contribution < 1.29 is 5.11 Å². The maximum Gasteiger partial charge on any atom is 0.135 e. The van der Waals surface area contributed by atoms with Crippen LogP contribution in [0.3, 0.4) is 0 Å². The molecule has 0 aromatic carbocycles. The van der Waals surface area contributed by atoms with E-state index in [1.165, 1.54) is 0 Å². The Bertz CT molecular complexity index is 382. The van der Waals surface area contributed by atoms with Crippen LogP contribution in [-0.4, -0.2) is 41.3 Å². The Morgan fingerprint density at radius 3 is 2.58 bits per heavy atom. The summed E-state index contributed by atoms with van der Waals surface area (Å²) in [7, 11) is 0. The Morgan fingerprint density at radius 1 is 1.32 bits per heavy atom. The minimum atomic E-state index is 0.207. The molecule has 1 heterocycles. The summed E-state index contributed by atoms with van der Waals surface area (Å²) in [6, 6.07) is 1.98. The maximum absolute atomic E-state index is 8.97. The Kier molecular flexibility index (Phi) is 6.56. The molecule has 0 aliphatic carbocycles. The van der Waals surface area contributed by atoms with E-state index in [-0.39, 0.29) is 6.61 Å². The van der Waals surface area contributed by atoms with Crippen LogP contribution in [0.1, 0.15) is 45.9 Å². The summed E-state index contributed by atoms with van der Waals surface area (Å²) in [4.78, 5) is 11.3. The molecular formula is C14H26N4O. The van der Waals surface area contributed by atoms with E-state index in [2.05, 4.69) is 47.9 Å². The van der Waals surface area contributed by atoms with E-state index in [4.69, 9.17) is 5.11 Å². The largest absolute Gasteiger partial charge is 0.396 e. The van der Waals surface area contributed by atoms with Crippen molar-refractivity contribution in [1.29, 1.82) is 0 Å². The molecule has 0 bridgehead atoms. The molecule has 19 heavy (non-hydrogen) atoms. The zero-order valence-electron chi connectivity index (χ0n) is 12.5. The SMILES string of the molecule is CCNc1cc(N(CC)CCCO)nc(C(C)C)n1. The van der Waals surface area contributed by atoms with Crippen LogP contribution in [0.15, 0.2) is 6.07 Å². The smallest absolute Gasteiger partial charge is 0.135 e. The summed E-state index contributed by atoms with van der Waals surface area (Å²) >= 11 is 0. The van der Waals surface area contributed by atoms with Gasteiger partial charge in [0.25, 0.3) is 0 Å². The summed E-state index contributed by atoms with van der Waals surface area (Å²) in [5.41, 5.74) is 0. The normalized spacial score (nSPS) is 10.8. The average Bonchev–Trinajstić information content (AvgIpc) is 2.39. The molecule has 0 saturated carbocycles. The number of aliphatic hydroxyl groups is 1. The van der Waals surface area contributed by atoms with Gasteiger partial charge in [0.2, 0.25) is 0 Å². The zero-order chi connectivity index (χ0) is 14.3. The van der Waals surface area contributed by atoms with E-state index in [1.54, 1.807) is 0 Å². The summed E-state index contributed by atoms with van der Waals surface area (Å²) in [5.74, 6) is 2.97. The summed E-state index contributed by atoms with van der Waals surface area (Å²) < 4.78 is 0. The molecule has 1 aromatic heterocycles. The molecule has 0 amide bonds. The van der Waals surface area contributed by atoms with Crippen LogP contribution in [0.2, 0.25) is 0 Å². The number of nitrogens with zero attached hydrogens (tertiary/aromatic N) is 3. The number of hydrogen-bond acceptors (Lipinski definition) is 5. The van der Waals surface area contributed by atoms with Crippen molar-refractivity contribution in [3.05, 3.63) is 11.9 Å². The highest BCUT2D eigenvalue weighted by Crippen LogP contribution is 2.20. The van der Waals surface area contributed by atoms with E-state index in [0.717, 1.165) is 43.5 Å². The number of hydrogen-bond donors (Lipinski definition) is 2. The molecular weight excluding hydrogens is 240 g/mol. The Balaban J connectivity index is 3.02. The second-order valence-electron chi connectivity index (χ2n) is 4.81. The monoisotopic (exact) mass is 266 g/mol. The van der Waals surface area contributed by atoms with E-state index < -0.39 is 0 Å². The second kappa shape index (κ2) is 7.94. The lowest BCUT2D eigenvalue weighted by molar-refractivity contribution is 0.289. The van der Waals surface area contributed by atoms with Crippen molar-refractivity contribution >= 4 is 11.6 Å². The van der Waals surface area contributed by atoms with Gasteiger partial charge in [0.05, 0.1) is 0 Å². The fourth-order valence-corrected chi connectivity index (χ4v) is 1.84. The molecule has 5 nitrogen and oxygen atoms in total. The number of aromatic nitrogens is 2. The van der Waals surface area contributed by atoms with Gasteiger partial charge < -0.3 is 15.3 Å². The zero-order valence-corrected chi connectivity index (χ0v) is 12.5. The van der Waals surface area contributed by atoms with Crippen LogP contribution in [0.5, 0.6) is 0 Å². The lowest BCUT2D eigenvalue weighted by Crippen LogP contribution is -2.26. The van der Waals surface area contributed by atoms with Gasteiger partial charge in [-0.3, -0.25) is 0 Å². The predicted molar refractivity (Wildman–Crippen MR) is 79.9 cm³/mol. The standard InChI is InChI=1S/C14H26N4O/c1-5-15-12-10-13(17-14(16-12)11(3)4)18(6-2)8-7-9-19/h10-11,19H,5-9H2,1-4H3,(H,15,16,17). The van der Waals surface area contributed by atoms with Crippen molar-refractivity contribution in [2.24, 2.45) is 0 Å². The van der Waals surface area contributed by atoms with Gasteiger partial charge >= 0.3 is 0 Å². The molecule has 1 rings (SSSR count). The third-order valence-corrected chi connectivity index (χ3v) is 2.90. The van der Waals surface area contributed by atoms with Crippen molar-refractivity contribution in [3.63, 3.8) is 0 Å². The Morgan fingerprint density at radius 2 is 2.05 bits per heavy atom. The molecule has 0 radical (unpaired) electrons. The fourth-order valence-electron chi connectivity index (χ4n) is 1.84. The lowest BCUT2D eigenvalue weighted by atomic mass is 10.2. The molecule has 0 atom stereocenters. The average molecular weight is 266 g/mol. The quantitative estimate of drug-likeness (QED) is 0.755. The minimum Gasteiger partial charge on any atom is -0.396 e.